The number of hydrazine groups is 1. The van der Waals surface area contributed by atoms with Crippen LogP contribution in [0, 0.1) is 17.2 Å². The van der Waals surface area contributed by atoms with E-state index in [2.05, 4.69) is 0 Å². The number of carbonyl (C=O) groups excluding carboxylic acids is 1. The van der Waals surface area contributed by atoms with E-state index in [0.29, 0.717) is 27.1 Å². The van der Waals surface area contributed by atoms with E-state index in [9.17, 15) is 29.9 Å². The van der Waals surface area contributed by atoms with E-state index in [-0.39, 0.29) is 38.3 Å². The van der Waals surface area contributed by atoms with Gasteiger partial charge in [-0.2, -0.15) is 5.26 Å². The molecule has 11 nitrogen and oxygen atoms in total. The summed E-state index contributed by atoms with van der Waals surface area (Å²) in [5, 5.41) is 29.8. The Labute approximate surface area is 165 Å². The summed E-state index contributed by atoms with van der Waals surface area (Å²) in [4.78, 5) is 35.4. The van der Waals surface area contributed by atoms with Crippen LogP contribution in [0.4, 0.5) is 9.59 Å². The third kappa shape index (κ3) is 3.96. The van der Waals surface area contributed by atoms with Gasteiger partial charge in [0.2, 0.25) is 6.79 Å². The lowest BCUT2D eigenvalue weighted by atomic mass is 9.90. The highest BCUT2D eigenvalue weighted by Gasteiger charge is 2.46. The second-order valence-electron chi connectivity index (χ2n) is 6.51. The number of nitriles is 1. The molecule has 11 heteroatoms. The minimum Gasteiger partial charge on any atom is -0.466 e. The first-order valence-electron chi connectivity index (χ1n) is 8.86. The molecule has 2 aliphatic rings. The van der Waals surface area contributed by atoms with Gasteiger partial charge in [-0.15, -0.1) is 0 Å². The molecule has 0 bridgehead atoms. The van der Waals surface area contributed by atoms with Crippen LogP contribution in [0.1, 0.15) is 24.5 Å². The van der Waals surface area contributed by atoms with Crippen molar-refractivity contribution in [2.45, 2.75) is 25.8 Å². The van der Waals surface area contributed by atoms with Gasteiger partial charge in [0.05, 0.1) is 37.2 Å². The van der Waals surface area contributed by atoms with Crippen LogP contribution in [-0.2, 0) is 16.0 Å². The SMILES string of the molecule is CCOC(=O)C[C@H]1CN(C(=O)O)N(C(=O)O)[C@@H]1Cc1cc2c(cc1C#N)OCO2. The first-order chi connectivity index (χ1) is 13.8. The molecule has 29 heavy (non-hydrogen) atoms. The third-order valence-corrected chi connectivity index (χ3v) is 4.82. The Hall–Kier alpha value is -3.68. The van der Waals surface area contributed by atoms with Crippen molar-refractivity contribution in [1.29, 1.82) is 5.26 Å². The highest BCUT2D eigenvalue weighted by molar-refractivity contribution is 5.74. The Balaban J connectivity index is 1.95. The Kier molecular flexibility index (Phi) is 5.63. The number of hydrogen-bond donors (Lipinski definition) is 2. The molecule has 0 aromatic heterocycles. The Bertz CT molecular complexity index is 881. The van der Waals surface area contributed by atoms with Gasteiger partial charge in [0.15, 0.2) is 11.5 Å². The minimum absolute atomic E-state index is 0.00656. The van der Waals surface area contributed by atoms with Crippen molar-refractivity contribution < 1.29 is 38.8 Å². The summed E-state index contributed by atoms with van der Waals surface area (Å²) in [5.41, 5.74) is 0.720. The number of fused-ring (bicyclic) bond motifs is 1. The fraction of sp³-hybridized carbons (Fsp3) is 0.444. The fourth-order valence-electron chi connectivity index (χ4n) is 3.60. The molecule has 2 amide bonds. The molecule has 1 saturated heterocycles. The summed E-state index contributed by atoms with van der Waals surface area (Å²) < 4.78 is 15.5. The van der Waals surface area contributed by atoms with Crippen LogP contribution < -0.4 is 9.47 Å². The van der Waals surface area contributed by atoms with E-state index in [1.165, 1.54) is 6.07 Å². The molecule has 0 radical (unpaired) electrons. The molecule has 154 valence electrons. The number of nitrogens with zero attached hydrogens (tertiary/aromatic N) is 3. The standard InChI is InChI=1S/C18H19N3O8/c1-2-27-16(22)6-12-8-20(17(23)24)21(18(25)26)13(12)3-10-4-14-15(29-9-28-14)5-11(10)7-19/h4-5,12-13H,2-3,6,8-9H2,1H3,(H,23,24)(H,25,26)/t12-,13+/m0/s1. The van der Waals surface area contributed by atoms with Crippen LogP contribution >= 0.6 is 0 Å². The summed E-state index contributed by atoms with van der Waals surface area (Å²) in [5.74, 6) is -0.373. The molecule has 2 heterocycles. The molecule has 2 aliphatic heterocycles. The van der Waals surface area contributed by atoms with Gasteiger partial charge in [-0.25, -0.2) is 19.6 Å². The topological polar surface area (TPSA) is 150 Å². The molecule has 2 N–H and O–H groups in total. The summed E-state index contributed by atoms with van der Waals surface area (Å²) in [6.45, 7) is 1.62. The molecule has 0 saturated carbocycles. The molecule has 2 atom stereocenters. The average molecular weight is 405 g/mol. The highest BCUT2D eigenvalue weighted by atomic mass is 16.7. The number of esters is 1. The van der Waals surface area contributed by atoms with E-state index >= 15 is 0 Å². The third-order valence-electron chi connectivity index (χ3n) is 4.82. The van der Waals surface area contributed by atoms with Crippen molar-refractivity contribution >= 4 is 18.2 Å². The zero-order chi connectivity index (χ0) is 21.1. The van der Waals surface area contributed by atoms with E-state index in [1.54, 1.807) is 13.0 Å². The Morgan fingerprint density at radius 2 is 1.93 bits per heavy atom. The van der Waals surface area contributed by atoms with Crippen molar-refractivity contribution in [2.75, 3.05) is 19.9 Å². The lowest BCUT2D eigenvalue weighted by Crippen LogP contribution is -2.48. The Morgan fingerprint density at radius 1 is 1.24 bits per heavy atom. The number of carbonyl (C=O) groups is 3. The molecular formula is C18H19N3O8. The molecule has 1 aromatic carbocycles. The van der Waals surface area contributed by atoms with Gasteiger partial charge < -0.3 is 24.4 Å². The molecule has 3 rings (SSSR count). The molecule has 1 fully saturated rings. The number of amides is 2. The van der Waals surface area contributed by atoms with Gasteiger partial charge in [-0.1, -0.05) is 0 Å². The zero-order valence-electron chi connectivity index (χ0n) is 15.5. The number of rotatable bonds is 5. The quantitative estimate of drug-likeness (QED) is 0.697. The van der Waals surface area contributed by atoms with E-state index in [4.69, 9.17) is 14.2 Å². The highest BCUT2D eigenvalue weighted by Crippen LogP contribution is 2.37. The van der Waals surface area contributed by atoms with Gasteiger partial charge in [0, 0.05) is 12.0 Å². The monoisotopic (exact) mass is 405 g/mol. The van der Waals surface area contributed by atoms with Crippen LogP contribution in [0.15, 0.2) is 12.1 Å². The summed E-state index contributed by atoms with van der Waals surface area (Å²) in [6, 6.07) is 4.21. The summed E-state index contributed by atoms with van der Waals surface area (Å²) >= 11 is 0. The maximum atomic E-state index is 12.0. The second-order valence-corrected chi connectivity index (χ2v) is 6.51. The van der Waals surface area contributed by atoms with Crippen molar-refractivity contribution in [3.8, 4) is 17.6 Å². The van der Waals surface area contributed by atoms with Gasteiger partial charge >= 0.3 is 18.2 Å². The van der Waals surface area contributed by atoms with Crippen LogP contribution in [0.2, 0.25) is 0 Å². The van der Waals surface area contributed by atoms with Crippen LogP contribution in [0.25, 0.3) is 0 Å². The predicted octanol–water partition coefficient (Wildman–Crippen LogP) is 1.66. The summed E-state index contributed by atoms with van der Waals surface area (Å²) in [7, 11) is 0. The van der Waals surface area contributed by atoms with Gasteiger partial charge in [0.25, 0.3) is 0 Å². The number of hydrogen-bond acceptors (Lipinski definition) is 7. The van der Waals surface area contributed by atoms with Crippen LogP contribution in [0.3, 0.4) is 0 Å². The molecule has 0 spiro atoms. The first-order valence-corrected chi connectivity index (χ1v) is 8.86. The molecule has 1 aromatic rings. The van der Waals surface area contributed by atoms with E-state index < -0.39 is 30.1 Å². The normalized spacial score (nSPS) is 19.7. The van der Waals surface area contributed by atoms with Crippen molar-refractivity contribution in [2.24, 2.45) is 5.92 Å². The summed E-state index contributed by atoms with van der Waals surface area (Å²) in [6.07, 6.45) is -3.06. The van der Waals surface area contributed by atoms with Gasteiger partial charge in [-0.05, 0) is 25.0 Å². The number of carboxylic acid groups (broad SMARTS) is 2. The smallest absolute Gasteiger partial charge is 0.426 e. The number of benzene rings is 1. The molecule has 0 aliphatic carbocycles. The molecular weight excluding hydrogens is 386 g/mol. The number of ether oxygens (including phenoxy) is 3. The predicted molar refractivity (Wildman–Crippen MR) is 94.1 cm³/mol. The fourth-order valence-corrected chi connectivity index (χ4v) is 3.60. The molecule has 0 unspecified atom stereocenters. The van der Waals surface area contributed by atoms with Crippen molar-refractivity contribution in [1.82, 2.24) is 10.0 Å². The maximum absolute atomic E-state index is 12.0. The zero-order valence-corrected chi connectivity index (χ0v) is 15.5. The van der Waals surface area contributed by atoms with Crippen LogP contribution in [-0.4, -0.2) is 64.4 Å². The maximum Gasteiger partial charge on any atom is 0.426 e. The van der Waals surface area contributed by atoms with Crippen molar-refractivity contribution in [3.05, 3.63) is 23.3 Å². The van der Waals surface area contributed by atoms with E-state index in [1.807, 2.05) is 6.07 Å². The van der Waals surface area contributed by atoms with Crippen molar-refractivity contribution in [3.63, 3.8) is 0 Å². The lowest BCUT2D eigenvalue weighted by Gasteiger charge is -2.28. The minimum atomic E-state index is -1.47. The average Bonchev–Trinajstić information content (AvgIpc) is 3.25. The second kappa shape index (κ2) is 8.14. The van der Waals surface area contributed by atoms with Gasteiger partial charge in [-0.3, -0.25) is 4.79 Å². The van der Waals surface area contributed by atoms with Crippen LogP contribution in [0.5, 0.6) is 11.5 Å². The Morgan fingerprint density at radius 3 is 2.52 bits per heavy atom. The lowest BCUT2D eigenvalue weighted by molar-refractivity contribution is -0.144. The van der Waals surface area contributed by atoms with Gasteiger partial charge in [0.1, 0.15) is 0 Å². The van der Waals surface area contributed by atoms with E-state index in [0.717, 1.165) is 0 Å². The first kappa shape index (κ1) is 20.1. The largest absolute Gasteiger partial charge is 0.466 e.